The number of piperidine rings is 3. The van der Waals surface area contributed by atoms with E-state index in [-0.39, 0.29) is 11.9 Å². The van der Waals surface area contributed by atoms with Gasteiger partial charge in [0.05, 0.1) is 0 Å². The monoisotopic (exact) mass is 371 g/mol. The summed E-state index contributed by atoms with van der Waals surface area (Å²) in [5, 5.41) is 3.55. The Morgan fingerprint density at radius 2 is 1.96 bits per heavy atom. The lowest BCUT2D eigenvalue weighted by molar-refractivity contribution is 0.0217. The normalized spacial score (nSPS) is 27.2. The number of carbonyl (C=O) groups excluding carboxylic acids is 1. The number of nitrogens with one attached hydrogen (secondary N) is 1. The van der Waals surface area contributed by atoms with E-state index in [4.69, 9.17) is 16.3 Å². The second-order valence-electron chi connectivity index (χ2n) is 7.03. The minimum Gasteiger partial charge on any atom is -0.454 e. The van der Waals surface area contributed by atoms with Crippen LogP contribution >= 0.6 is 11.6 Å². The first-order chi connectivity index (χ1) is 12.6. The Bertz CT molecular complexity index is 786. The standard InChI is InChI=1S/C20H22ClN3O2/c1-13-18(14-8-11-24(13)12-9-14)23-20(25)15-4-6-16(7-5-15)26-17-3-2-10-22-19(17)21/h2-7,10,13-14,18H,8-9,11-12H2,1H3,(H,23,25). The summed E-state index contributed by atoms with van der Waals surface area (Å²) >= 11 is 6.00. The predicted molar refractivity (Wildman–Crippen MR) is 101 cm³/mol. The van der Waals surface area contributed by atoms with E-state index in [1.807, 2.05) is 0 Å². The van der Waals surface area contributed by atoms with Crippen LogP contribution in [0.5, 0.6) is 11.5 Å². The van der Waals surface area contributed by atoms with E-state index in [0.717, 1.165) is 13.1 Å². The van der Waals surface area contributed by atoms with Gasteiger partial charge in [0.15, 0.2) is 10.9 Å². The highest BCUT2D eigenvalue weighted by Gasteiger charge is 2.40. The fourth-order valence-corrected chi connectivity index (χ4v) is 4.19. The second-order valence-corrected chi connectivity index (χ2v) is 7.39. The summed E-state index contributed by atoms with van der Waals surface area (Å²) in [6.45, 7) is 4.52. The Kier molecular flexibility index (Phi) is 4.83. The number of amides is 1. The smallest absolute Gasteiger partial charge is 0.251 e. The van der Waals surface area contributed by atoms with Crippen molar-refractivity contribution in [3.8, 4) is 11.5 Å². The average Bonchev–Trinajstić information content (AvgIpc) is 2.67. The zero-order valence-electron chi connectivity index (χ0n) is 14.7. The second kappa shape index (κ2) is 7.25. The molecule has 6 heteroatoms. The molecular formula is C20H22ClN3O2. The number of carbonyl (C=O) groups is 1. The lowest BCUT2D eigenvalue weighted by Crippen LogP contribution is -2.62. The topological polar surface area (TPSA) is 54.5 Å². The van der Waals surface area contributed by atoms with Crippen LogP contribution in [0.3, 0.4) is 0 Å². The molecule has 136 valence electrons. The van der Waals surface area contributed by atoms with E-state index in [1.54, 1.807) is 42.6 Å². The van der Waals surface area contributed by atoms with Gasteiger partial charge in [-0.1, -0.05) is 11.6 Å². The van der Waals surface area contributed by atoms with Crippen molar-refractivity contribution in [2.75, 3.05) is 13.1 Å². The maximum atomic E-state index is 12.7. The van der Waals surface area contributed by atoms with Gasteiger partial charge < -0.3 is 10.1 Å². The number of aromatic nitrogens is 1. The molecule has 2 unspecified atom stereocenters. The molecule has 3 aliphatic heterocycles. The van der Waals surface area contributed by atoms with Crippen molar-refractivity contribution in [2.24, 2.45) is 5.92 Å². The third-order valence-corrected chi connectivity index (χ3v) is 5.83. The summed E-state index contributed by atoms with van der Waals surface area (Å²) in [4.78, 5) is 19.1. The summed E-state index contributed by atoms with van der Waals surface area (Å²) in [6.07, 6.45) is 3.96. The van der Waals surface area contributed by atoms with Crippen LogP contribution in [0.2, 0.25) is 5.15 Å². The summed E-state index contributed by atoms with van der Waals surface area (Å²) < 4.78 is 5.72. The minimum atomic E-state index is -0.0263. The molecule has 2 aromatic rings. The highest BCUT2D eigenvalue weighted by molar-refractivity contribution is 6.30. The lowest BCUT2D eigenvalue weighted by atomic mass is 9.79. The largest absolute Gasteiger partial charge is 0.454 e. The van der Waals surface area contributed by atoms with Crippen molar-refractivity contribution in [1.29, 1.82) is 0 Å². The molecule has 5 rings (SSSR count). The highest BCUT2D eigenvalue weighted by Crippen LogP contribution is 2.32. The van der Waals surface area contributed by atoms with Crippen molar-refractivity contribution in [2.45, 2.75) is 31.8 Å². The van der Waals surface area contributed by atoms with Crippen LogP contribution in [0.25, 0.3) is 0 Å². The van der Waals surface area contributed by atoms with Crippen molar-refractivity contribution in [3.63, 3.8) is 0 Å². The highest BCUT2D eigenvalue weighted by atomic mass is 35.5. The van der Waals surface area contributed by atoms with Gasteiger partial charge in [-0.25, -0.2) is 4.98 Å². The van der Waals surface area contributed by atoms with Gasteiger partial charge in [-0.2, -0.15) is 0 Å². The van der Waals surface area contributed by atoms with Crippen molar-refractivity contribution >= 4 is 17.5 Å². The summed E-state index contributed by atoms with van der Waals surface area (Å²) in [5.41, 5.74) is 0.637. The fourth-order valence-electron chi connectivity index (χ4n) is 4.03. The molecule has 3 saturated heterocycles. The molecule has 3 fully saturated rings. The first kappa shape index (κ1) is 17.3. The molecule has 0 saturated carbocycles. The van der Waals surface area contributed by atoms with Crippen LogP contribution in [-0.2, 0) is 0 Å². The number of hydrogen-bond acceptors (Lipinski definition) is 4. The SMILES string of the molecule is CC1C(NC(=O)c2ccc(Oc3cccnc3Cl)cc2)C2CCN1CC2. The lowest BCUT2D eigenvalue weighted by Gasteiger charge is -2.49. The number of rotatable bonds is 4. The quantitative estimate of drug-likeness (QED) is 0.832. The molecule has 2 bridgehead atoms. The Morgan fingerprint density at radius 3 is 2.62 bits per heavy atom. The number of halogens is 1. The van der Waals surface area contributed by atoms with Gasteiger partial charge in [0, 0.05) is 23.8 Å². The third kappa shape index (κ3) is 3.41. The molecule has 1 aromatic carbocycles. The summed E-state index contributed by atoms with van der Waals surface area (Å²) in [7, 11) is 0. The van der Waals surface area contributed by atoms with Crippen molar-refractivity contribution in [1.82, 2.24) is 15.2 Å². The Balaban J connectivity index is 1.42. The van der Waals surface area contributed by atoms with Gasteiger partial charge in [0.1, 0.15) is 5.75 Å². The van der Waals surface area contributed by atoms with E-state index >= 15 is 0 Å². The zero-order valence-corrected chi connectivity index (χ0v) is 15.4. The molecule has 4 heterocycles. The predicted octanol–water partition coefficient (Wildman–Crippen LogP) is 3.74. The van der Waals surface area contributed by atoms with E-state index < -0.39 is 0 Å². The zero-order chi connectivity index (χ0) is 18.1. The Morgan fingerprint density at radius 1 is 1.23 bits per heavy atom. The Hall–Kier alpha value is -2.11. The van der Waals surface area contributed by atoms with Gasteiger partial charge in [-0.05, 0) is 75.2 Å². The van der Waals surface area contributed by atoms with Crippen molar-refractivity contribution < 1.29 is 9.53 Å². The maximum absolute atomic E-state index is 12.7. The summed E-state index contributed by atoms with van der Waals surface area (Å²) in [5.74, 6) is 1.68. The van der Waals surface area contributed by atoms with Crippen LogP contribution in [0, 0.1) is 5.92 Å². The van der Waals surface area contributed by atoms with Crippen LogP contribution in [-0.4, -0.2) is 41.0 Å². The first-order valence-corrected chi connectivity index (χ1v) is 9.43. The van der Waals surface area contributed by atoms with Crippen LogP contribution in [0.15, 0.2) is 42.6 Å². The molecule has 3 aliphatic rings. The molecule has 1 amide bonds. The van der Waals surface area contributed by atoms with Gasteiger partial charge >= 0.3 is 0 Å². The number of hydrogen-bond donors (Lipinski definition) is 1. The molecule has 0 spiro atoms. The van der Waals surface area contributed by atoms with Gasteiger partial charge in [-0.3, -0.25) is 9.69 Å². The van der Waals surface area contributed by atoms with Gasteiger partial charge in [-0.15, -0.1) is 0 Å². The molecular weight excluding hydrogens is 350 g/mol. The van der Waals surface area contributed by atoms with Crippen molar-refractivity contribution in [3.05, 3.63) is 53.3 Å². The van der Waals surface area contributed by atoms with E-state index in [2.05, 4.69) is 22.1 Å². The van der Waals surface area contributed by atoms with E-state index in [9.17, 15) is 4.79 Å². The number of benzene rings is 1. The van der Waals surface area contributed by atoms with Gasteiger partial charge in [0.25, 0.3) is 5.91 Å². The van der Waals surface area contributed by atoms with E-state index in [0.29, 0.717) is 34.2 Å². The average molecular weight is 372 g/mol. The molecule has 0 aliphatic carbocycles. The number of pyridine rings is 1. The van der Waals surface area contributed by atoms with Crippen LogP contribution in [0.4, 0.5) is 0 Å². The Labute approximate surface area is 158 Å². The fraction of sp³-hybridized carbons (Fsp3) is 0.400. The number of nitrogens with zero attached hydrogens (tertiary/aromatic N) is 2. The maximum Gasteiger partial charge on any atom is 0.251 e. The number of ether oxygens (including phenoxy) is 1. The van der Waals surface area contributed by atoms with Crippen LogP contribution < -0.4 is 10.1 Å². The number of fused-ring (bicyclic) bond motifs is 3. The third-order valence-electron chi connectivity index (χ3n) is 5.54. The summed E-state index contributed by atoms with van der Waals surface area (Å²) in [6, 6.07) is 11.3. The molecule has 1 aromatic heterocycles. The van der Waals surface area contributed by atoms with Crippen LogP contribution in [0.1, 0.15) is 30.1 Å². The first-order valence-electron chi connectivity index (χ1n) is 9.05. The molecule has 5 nitrogen and oxygen atoms in total. The van der Waals surface area contributed by atoms with E-state index in [1.165, 1.54) is 12.8 Å². The van der Waals surface area contributed by atoms with Gasteiger partial charge in [0.2, 0.25) is 0 Å². The minimum absolute atomic E-state index is 0.0263. The molecule has 1 N–H and O–H groups in total. The molecule has 26 heavy (non-hydrogen) atoms. The molecule has 0 radical (unpaired) electrons. The molecule has 2 atom stereocenters.